The van der Waals surface area contributed by atoms with Gasteiger partial charge in [-0.25, -0.2) is 9.59 Å². The summed E-state index contributed by atoms with van der Waals surface area (Å²) in [6.45, 7) is 5.90. The summed E-state index contributed by atoms with van der Waals surface area (Å²) in [7, 11) is 0. The predicted octanol–water partition coefficient (Wildman–Crippen LogP) is 1.37. The van der Waals surface area contributed by atoms with Crippen molar-refractivity contribution in [1.82, 2.24) is 4.98 Å². The number of fused-ring (bicyclic) bond motifs is 1. The lowest BCUT2D eigenvalue weighted by Crippen LogP contribution is -2.85. The maximum absolute atomic E-state index is 13.6. The van der Waals surface area contributed by atoms with Crippen LogP contribution in [0.4, 0.5) is 0 Å². The van der Waals surface area contributed by atoms with Gasteiger partial charge in [-0.3, -0.25) is 14.6 Å². The molecule has 1 aromatic carbocycles. The van der Waals surface area contributed by atoms with Crippen LogP contribution < -0.4 is 0 Å². The number of esters is 4. The van der Waals surface area contributed by atoms with Crippen molar-refractivity contribution >= 4 is 23.9 Å². The molecule has 0 radical (unpaired) electrons. The molecule has 9 unspecified atom stereocenters. The fourth-order valence-electron chi connectivity index (χ4n) is 7.71. The zero-order chi connectivity index (χ0) is 32.9. The largest absolute Gasteiger partial charge is 0.465 e. The Balaban J connectivity index is 1.76. The summed E-state index contributed by atoms with van der Waals surface area (Å²) in [5.74, 6) is -4.62. The third-order valence-electron chi connectivity index (χ3n) is 9.31. The lowest BCUT2D eigenvalue weighted by Gasteiger charge is -2.66. The summed E-state index contributed by atoms with van der Waals surface area (Å²) in [6, 6.07) is 10.8. The average molecular weight is 628 g/mol. The van der Waals surface area contributed by atoms with Crippen LogP contribution in [0.15, 0.2) is 54.9 Å². The Morgan fingerprint density at radius 1 is 0.889 bits per heavy atom. The summed E-state index contributed by atoms with van der Waals surface area (Å²) >= 11 is 0. The molecular weight excluding hydrogens is 590 g/mol. The molecule has 45 heavy (non-hydrogen) atoms. The summed E-state index contributed by atoms with van der Waals surface area (Å²) in [6.07, 6.45) is -6.03. The summed E-state index contributed by atoms with van der Waals surface area (Å²) in [5, 5.41) is 36.4. The van der Waals surface area contributed by atoms with Crippen LogP contribution in [0.5, 0.6) is 0 Å². The highest BCUT2D eigenvalue weighted by Crippen LogP contribution is 2.68. The number of hydrogen-bond donors (Lipinski definition) is 3. The Morgan fingerprint density at radius 2 is 1.53 bits per heavy atom. The maximum Gasteiger partial charge on any atom is 0.340 e. The molecule has 13 heteroatoms. The fraction of sp³-hybridized carbons (Fsp3) is 0.531. The first-order chi connectivity index (χ1) is 21.1. The Labute approximate surface area is 259 Å². The van der Waals surface area contributed by atoms with Crippen LogP contribution in [0.2, 0.25) is 0 Å². The normalized spacial score (nSPS) is 36.3. The van der Waals surface area contributed by atoms with Crippen LogP contribution in [0.1, 0.15) is 61.8 Å². The van der Waals surface area contributed by atoms with E-state index < -0.39 is 95.6 Å². The first-order valence-electron chi connectivity index (χ1n) is 14.6. The minimum atomic E-state index is -2.24. The molecule has 3 aliphatic rings. The number of aliphatic hydroxyl groups is 3. The molecule has 2 aliphatic carbocycles. The topological polar surface area (TPSA) is 188 Å². The first-order valence-corrected chi connectivity index (χ1v) is 14.6. The Hall–Kier alpha value is -3.91. The lowest BCUT2D eigenvalue weighted by atomic mass is 9.46. The standard InChI is InChI=1S/C32H37NO12/c1-17(34)41-16-31-25(42-18(2)35)21(43-28(39)20-12-9-13-33-15-20)14-30(5,40)32(31)24(37)22(29(3,4)45-32)23(36)26(31)44-27(38)19-10-7-6-8-11-19/h6-13,15,21-26,36-37,40H,14,16H2,1-5H3. The molecule has 1 aliphatic heterocycles. The van der Waals surface area contributed by atoms with E-state index in [0.29, 0.717) is 0 Å². The van der Waals surface area contributed by atoms with E-state index in [9.17, 15) is 34.5 Å². The SMILES string of the molecule is CC(=O)OCC12C(OC(C)=O)C(OC(=O)c3cccnc3)CC(C)(O)C13OC(C)(C)C(C(O)C2OC(=O)c1ccccc1)C3O. The minimum absolute atomic E-state index is 0.0436. The number of hydrogen-bond acceptors (Lipinski definition) is 13. The number of aliphatic hydroxyl groups excluding tert-OH is 2. The number of nitrogens with zero attached hydrogens (tertiary/aromatic N) is 1. The third kappa shape index (κ3) is 5.07. The number of benzene rings is 1. The highest BCUT2D eigenvalue weighted by molar-refractivity contribution is 5.90. The molecule has 2 bridgehead atoms. The molecule has 1 spiro atoms. The molecule has 0 amide bonds. The Kier molecular flexibility index (Phi) is 8.28. The molecule has 1 aromatic heterocycles. The average Bonchev–Trinajstić information content (AvgIpc) is 3.17. The van der Waals surface area contributed by atoms with Gasteiger partial charge in [0.2, 0.25) is 0 Å². The predicted molar refractivity (Wildman–Crippen MR) is 152 cm³/mol. The van der Waals surface area contributed by atoms with Crippen molar-refractivity contribution in [3.8, 4) is 0 Å². The highest BCUT2D eigenvalue weighted by atomic mass is 16.6. The van der Waals surface area contributed by atoms with Crippen LogP contribution in [0.3, 0.4) is 0 Å². The number of aromatic nitrogens is 1. The van der Waals surface area contributed by atoms with Crippen LogP contribution in [0.25, 0.3) is 0 Å². The summed E-state index contributed by atoms with van der Waals surface area (Å²) in [5.41, 5.74) is -7.79. The van der Waals surface area contributed by atoms with Gasteiger partial charge < -0.3 is 39.0 Å². The van der Waals surface area contributed by atoms with Gasteiger partial charge in [0.1, 0.15) is 35.9 Å². The van der Waals surface area contributed by atoms with Crippen molar-refractivity contribution in [2.24, 2.45) is 11.3 Å². The monoisotopic (exact) mass is 627 g/mol. The second kappa shape index (κ2) is 11.5. The Morgan fingerprint density at radius 3 is 2.13 bits per heavy atom. The maximum atomic E-state index is 13.6. The minimum Gasteiger partial charge on any atom is -0.465 e. The van der Waals surface area contributed by atoms with E-state index in [1.54, 1.807) is 32.0 Å². The molecule has 9 atom stereocenters. The molecule has 1 saturated heterocycles. The van der Waals surface area contributed by atoms with Crippen molar-refractivity contribution in [1.29, 1.82) is 0 Å². The van der Waals surface area contributed by atoms with E-state index in [1.807, 2.05) is 0 Å². The van der Waals surface area contributed by atoms with Crippen LogP contribution >= 0.6 is 0 Å². The van der Waals surface area contributed by atoms with E-state index in [2.05, 4.69) is 4.98 Å². The number of ether oxygens (including phenoxy) is 5. The van der Waals surface area contributed by atoms with Crippen LogP contribution in [-0.4, -0.2) is 98.1 Å². The summed E-state index contributed by atoms with van der Waals surface area (Å²) in [4.78, 5) is 56.0. The van der Waals surface area contributed by atoms with E-state index in [4.69, 9.17) is 23.7 Å². The quantitative estimate of drug-likeness (QED) is 0.295. The van der Waals surface area contributed by atoms with E-state index in [-0.39, 0.29) is 11.1 Å². The smallest absolute Gasteiger partial charge is 0.340 e. The second-order valence-corrected chi connectivity index (χ2v) is 12.6. The van der Waals surface area contributed by atoms with Crippen molar-refractivity contribution in [3.05, 3.63) is 66.0 Å². The van der Waals surface area contributed by atoms with Gasteiger partial charge in [0.25, 0.3) is 0 Å². The van der Waals surface area contributed by atoms with E-state index in [1.165, 1.54) is 43.6 Å². The molecule has 13 nitrogen and oxygen atoms in total. The first kappa shape index (κ1) is 32.5. The number of rotatable bonds is 7. The third-order valence-corrected chi connectivity index (χ3v) is 9.31. The van der Waals surface area contributed by atoms with Gasteiger partial charge in [0.15, 0.2) is 6.10 Å². The number of carbonyl (C=O) groups excluding carboxylic acids is 4. The molecule has 3 fully saturated rings. The van der Waals surface area contributed by atoms with Crippen molar-refractivity contribution in [2.75, 3.05) is 6.61 Å². The molecule has 5 rings (SSSR count). The van der Waals surface area contributed by atoms with Crippen molar-refractivity contribution < 1.29 is 58.2 Å². The van der Waals surface area contributed by atoms with Crippen molar-refractivity contribution in [3.63, 3.8) is 0 Å². The summed E-state index contributed by atoms with van der Waals surface area (Å²) < 4.78 is 29.8. The van der Waals surface area contributed by atoms with Gasteiger partial charge in [0.05, 0.1) is 28.4 Å². The number of pyridine rings is 1. The highest BCUT2D eigenvalue weighted by Gasteiger charge is 2.87. The second-order valence-electron chi connectivity index (χ2n) is 12.6. The van der Waals surface area contributed by atoms with Gasteiger partial charge in [-0.15, -0.1) is 0 Å². The molecule has 2 heterocycles. The van der Waals surface area contributed by atoms with E-state index >= 15 is 0 Å². The zero-order valence-corrected chi connectivity index (χ0v) is 25.5. The van der Waals surface area contributed by atoms with E-state index in [0.717, 1.165) is 13.8 Å². The van der Waals surface area contributed by atoms with Gasteiger partial charge in [0, 0.05) is 38.6 Å². The van der Waals surface area contributed by atoms with Crippen LogP contribution in [0, 0.1) is 11.3 Å². The van der Waals surface area contributed by atoms with Gasteiger partial charge in [-0.2, -0.15) is 0 Å². The molecule has 3 N–H and O–H groups in total. The Bertz CT molecular complexity index is 1460. The van der Waals surface area contributed by atoms with Gasteiger partial charge >= 0.3 is 23.9 Å². The molecule has 242 valence electrons. The molecule has 2 aromatic rings. The zero-order valence-electron chi connectivity index (χ0n) is 25.5. The fourth-order valence-corrected chi connectivity index (χ4v) is 7.71. The molecule has 2 saturated carbocycles. The van der Waals surface area contributed by atoms with Gasteiger partial charge in [-0.1, -0.05) is 18.2 Å². The van der Waals surface area contributed by atoms with Crippen LogP contribution in [-0.2, 0) is 33.3 Å². The van der Waals surface area contributed by atoms with Crippen molar-refractivity contribution in [2.45, 2.75) is 88.4 Å². The molecular formula is C32H37NO12. The lowest BCUT2D eigenvalue weighted by molar-refractivity contribution is -0.361. The van der Waals surface area contributed by atoms with Gasteiger partial charge in [-0.05, 0) is 45.0 Å². The number of carbonyl (C=O) groups is 4.